The van der Waals surface area contributed by atoms with Gasteiger partial charge >= 0.3 is 12.0 Å². The Kier molecular flexibility index (Phi) is 6.42. The van der Waals surface area contributed by atoms with Crippen LogP contribution in [0.1, 0.15) is 13.8 Å². The lowest BCUT2D eigenvalue weighted by Gasteiger charge is -2.14. The fourth-order valence-electron chi connectivity index (χ4n) is 2.71. The van der Waals surface area contributed by atoms with Gasteiger partial charge in [-0.1, -0.05) is 12.1 Å². The predicted molar refractivity (Wildman–Crippen MR) is 109 cm³/mol. The molecular weight excluding hydrogens is 434 g/mol. The molecule has 8 nitrogen and oxygen atoms in total. The van der Waals surface area contributed by atoms with E-state index in [0.29, 0.717) is 5.56 Å². The Morgan fingerprint density at radius 1 is 1.09 bits per heavy atom. The zero-order chi connectivity index (χ0) is 23.5. The van der Waals surface area contributed by atoms with Crippen LogP contribution in [0.4, 0.5) is 40.7 Å². The van der Waals surface area contributed by atoms with Crippen molar-refractivity contribution in [3.05, 3.63) is 64.5 Å². The number of nitro groups is 1. The zero-order valence-electron chi connectivity index (χ0n) is 16.8. The molecule has 0 radical (unpaired) electrons. The molecule has 3 aromatic rings. The number of hydrogen-bond acceptors (Lipinski definition) is 7. The van der Waals surface area contributed by atoms with E-state index in [4.69, 9.17) is 0 Å². The van der Waals surface area contributed by atoms with Crippen molar-refractivity contribution < 1.29 is 27.2 Å². The Morgan fingerprint density at radius 2 is 1.84 bits per heavy atom. The Labute approximate surface area is 179 Å². The van der Waals surface area contributed by atoms with Crippen LogP contribution >= 0.6 is 0 Å². The number of hydrogen-bond donors (Lipinski definition) is 2. The minimum atomic E-state index is -4.85. The average Bonchev–Trinajstić information content (AvgIpc) is 2.67. The van der Waals surface area contributed by atoms with Gasteiger partial charge in [0.2, 0.25) is 11.8 Å². The fraction of sp³-hybridized carbons (Fsp3) is 0.200. The summed E-state index contributed by atoms with van der Waals surface area (Å²) in [6.07, 6.45) is -4.85. The van der Waals surface area contributed by atoms with Crippen molar-refractivity contribution in [2.75, 3.05) is 10.6 Å². The molecule has 0 saturated heterocycles. The number of anilines is 3. The molecule has 0 saturated carbocycles. The van der Waals surface area contributed by atoms with Gasteiger partial charge in [0.15, 0.2) is 0 Å². The second-order valence-electron chi connectivity index (χ2n) is 6.89. The first-order valence-corrected chi connectivity index (χ1v) is 9.23. The monoisotopic (exact) mass is 451 g/mol. The smallest absolute Gasteiger partial charge is 0.406 e. The summed E-state index contributed by atoms with van der Waals surface area (Å²) in [7, 11) is 0. The molecule has 0 amide bonds. The molecule has 12 heteroatoms. The maximum Gasteiger partial charge on any atom is 0.573 e. The Balaban J connectivity index is 2.00. The minimum Gasteiger partial charge on any atom is -0.406 e. The van der Waals surface area contributed by atoms with Crippen LogP contribution in [0.3, 0.4) is 0 Å². The lowest BCUT2D eigenvalue weighted by atomic mass is 10.1. The summed E-state index contributed by atoms with van der Waals surface area (Å²) in [5.74, 6) is -1.07. The van der Waals surface area contributed by atoms with Crippen LogP contribution in [0, 0.1) is 15.9 Å². The number of alkyl halides is 3. The largest absolute Gasteiger partial charge is 0.573 e. The van der Waals surface area contributed by atoms with E-state index >= 15 is 0 Å². The van der Waals surface area contributed by atoms with E-state index < -0.39 is 28.5 Å². The molecule has 0 aliphatic rings. The molecule has 0 bridgehead atoms. The van der Waals surface area contributed by atoms with Crippen molar-refractivity contribution >= 4 is 23.1 Å². The standard InChI is InChI=1S/C20H17F4N5O3/c1-11(2)25-19-27-16(12-4-3-5-14(8-12)32-20(22,23)24)10-18(28-19)26-13-6-7-15(21)17(9-13)29(30)31/h3-11H,1-2H3,(H2,25,26,27,28). The van der Waals surface area contributed by atoms with Gasteiger partial charge in [-0.05, 0) is 38.1 Å². The Bertz CT molecular complexity index is 1140. The van der Waals surface area contributed by atoms with Crippen molar-refractivity contribution in [2.45, 2.75) is 26.3 Å². The van der Waals surface area contributed by atoms with Crippen LogP contribution in [-0.4, -0.2) is 27.3 Å². The van der Waals surface area contributed by atoms with Crippen molar-refractivity contribution in [1.29, 1.82) is 0 Å². The van der Waals surface area contributed by atoms with Crippen LogP contribution < -0.4 is 15.4 Å². The van der Waals surface area contributed by atoms with Crippen molar-refractivity contribution in [2.24, 2.45) is 0 Å². The molecule has 2 aromatic carbocycles. The molecule has 0 atom stereocenters. The molecule has 0 fully saturated rings. The van der Waals surface area contributed by atoms with Crippen molar-refractivity contribution in [3.8, 4) is 17.0 Å². The van der Waals surface area contributed by atoms with Gasteiger partial charge in [0.25, 0.3) is 0 Å². The zero-order valence-corrected chi connectivity index (χ0v) is 16.8. The molecule has 0 unspecified atom stereocenters. The lowest BCUT2D eigenvalue weighted by molar-refractivity contribution is -0.387. The second kappa shape index (κ2) is 9.04. The van der Waals surface area contributed by atoms with Gasteiger partial charge in [0.1, 0.15) is 11.6 Å². The van der Waals surface area contributed by atoms with Crippen LogP contribution in [0.25, 0.3) is 11.3 Å². The summed E-state index contributed by atoms with van der Waals surface area (Å²) in [6.45, 7) is 3.68. The highest BCUT2D eigenvalue weighted by Crippen LogP contribution is 2.30. The van der Waals surface area contributed by atoms with E-state index in [1.807, 2.05) is 13.8 Å². The number of ether oxygens (including phenoxy) is 1. The average molecular weight is 451 g/mol. The summed E-state index contributed by atoms with van der Waals surface area (Å²) >= 11 is 0. The summed E-state index contributed by atoms with van der Waals surface area (Å²) in [6, 6.07) is 9.85. The molecule has 1 aromatic heterocycles. The summed E-state index contributed by atoms with van der Waals surface area (Å²) in [4.78, 5) is 18.7. The number of aromatic nitrogens is 2. The topological polar surface area (TPSA) is 102 Å². The van der Waals surface area contributed by atoms with Gasteiger partial charge in [-0.3, -0.25) is 10.1 Å². The number of nitro benzene ring substituents is 1. The van der Waals surface area contributed by atoms with Gasteiger partial charge in [0.05, 0.1) is 10.6 Å². The third-order valence-corrected chi connectivity index (χ3v) is 3.92. The van der Waals surface area contributed by atoms with Gasteiger partial charge in [-0.15, -0.1) is 13.2 Å². The predicted octanol–water partition coefficient (Wildman–Crippen LogP) is 5.65. The van der Waals surface area contributed by atoms with Gasteiger partial charge in [0, 0.05) is 29.4 Å². The quantitative estimate of drug-likeness (QED) is 0.272. The summed E-state index contributed by atoms with van der Waals surface area (Å²) in [5, 5.41) is 16.8. The summed E-state index contributed by atoms with van der Waals surface area (Å²) in [5.41, 5.74) is 0.0400. The van der Waals surface area contributed by atoms with E-state index in [1.165, 1.54) is 30.3 Å². The van der Waals surface area contributed by atoms with E-state index in [1.54, 1.807) is 0 Å². The van der Waals surface area contributed by atoms with E-state index in [-0.39, 0.29) is 29.2 Å². The van der Waals surface area contributed by atoms with Gasteiger partial charge in [-0.25, -0.2) is 4.98 Å². The number of nitrogens with zero attached hydrogens (tertiary/aromatic N) is 3. The third-order valence-electron chi connectivity index (χ3n) is 3.92. The van der Waals surface area contributed by atoms with Crippen molar-refractivity contribution in [3.63, 3.8) is 0 Å². The summed E-state index contributed by atoms with van der Waals surface area (Å²) < 4.78 is 55.3. The molecule has 1 heterocycles. The Hall–Kier alpha value is -3.96. The molecule has 32 heavy (non-hydrogen) atoms. The molecule has 3 rings (SSSR count). The van der Waals surface area contributed by atoms with Crippen LogP contribution in [-0.2, 0) is 0 Å². The second-order valence-corrected chi connectivity index (χ2v) is 6.89. The van der Waals surface area contributed by atoms with Crippen LogP contribution in [0.15, 0.2) is 48.5 Å². The van der Waals surface area contributed by atoms with Crippen LogP contribution in [0.2, 0.25) is 0 Å². The normalized spacial score (nSPS) is 11.3. The highest BCUT2D eigenvalue weighted by Gasteiger charge is 2.31. The SMILES string of the molecule is CC(C)Nc1nc(Nc2ccc(F)c([N+](=O)[O-])c2)cc(-c2cccc(OC(F)(F)F)c2)n1. The molecule has 168 valence electrons. The Morgan fingerprint density at radius 3 is 2.50 bits per heavy atom. The van der Waals surface area contributed by atoms with E-state index in [9.17, 15) is 27.7 Å². The van der Waals surface area contributed by atoms with E-state index in [2.05, 4.69) is 25.3 Å². The number of halogens is 4. The molecule has 0 aliphatic heterocycles. The molecule has 0 aliphatic carbocycles. The molecule has 0 spiro atoms. The first-order valence-electron chi connectivity index (χ1n) is 9.23. The van der Waals surface area contributed by atoms with Gasteiger partial charge in [-0.2, -0.15) is 9.37 Å². The highest BCUT2D eigenvalue weighted by atomic mass is 19.4. The first kappa shape index (κ1) is 22.7. The van der Waals surface area contributed by atoms with Gasteiger partial charge < -0.3 is 15.4 Å². The number of nitrogens with one attached hydrogen (secondary N) is 2. The number of rotatable bonds is 7. The third kappa shape index (κ3) is 6.03. The van der Waals surface area contributed by atoms with E-state index in [0.717, 1.165) is 18.2 Å². The fourth-order valence-corrected chi connectivity index (χ4v) is 2.71. The van der Waals surface area contributed by atoms with Crippen molar-refractivity contribution in [1.82, 2.24) is 9.97 Å². The van der Waals surface area contributed by atoms with Crippen LogP contribution in [0.5, 0.6) is 5.75 Å². The number of benzene rings is 2. The molecule has 2 N–H and O–H groups in total. The highest BCUT2D eigenvalue weighted by molar-refractivity contribution is 5.69. The lowest BCUT2D eigenvalue weighted by Crippen LogP contribution is -2.17. The maximum atomic E-state index is 13.6. The maximum absolute atomic E-state index is 13.6. The minimum absolute atomic E-state index is 0.0649. The molecular formula is C20H17F4N5O3. The first-order chi connectivity index (χ1) is 15.0.